The summed E-state index contributed by atoms with van der Waals surface area (Å²) in [6, 6.07) is 22.4. The van der Waals surface area contributed by atoms with Crippen LogP contribution in [0, 0.1) is 22.7 Å². The smallest absolute Gasteiger partial charge is 0.234 e. The van der Waals surface area contributed by atoms with Gasteiger partial charge in [-0.05, 0) is 60.9 Å². The summed E-state index contributed by atoms with van der Waals surface area (Å²) in [5.41, 5.74) is 11.4. The van der Waals surface area contributed by atoms with Gasteiger partial charge in [0.05, 0.1) is 11.2 Å². The number of aromatic nitrogens is 5. The molecule has 5 heterocycles. The normalized spacial score (nSPS) is 14.1. The predicted molar refractivity (Wildman–Crippen MR) is 152 cm³/mol. The van der Waals surface area contributed by atoms with Crippen molar-refractivity contribution in [2.45, 2.75) is 25.4 Å². The first-order chi connectivity index (χ1) is 19.6. The molecule has 10 heteroatoms. The molecule has 0 saturated carbocycles. The summed E-state index contributed by atoms with van der Waals surface area (Å²) < 4.78 is 2.11. The number of rotatable bonds is 6. The average molecular weight is 527 g/mol. The van der Waals surface area contributed by atoms with Gasteiger partial charge in [-0.15, -0.1) is 0 Å². The fourth-order valence-electron chi connectivity index (χ4n) is 5.22. The molecule has 0 amide bonds. The lowest BCUT2D eigenvalue weighted by Crippen LogP contribution is -2.38. The van der Waals surface area contributed by atoms with Crippen molar-refractivity contribution in [3.8, 4) is 29.1 Å². The quantitative estimate of drug-likeness (QED) is 0.331. The highest BCUT2D eigenvalue weighted by Crippen LogP contribution is 2.34. The van der Waals surface area contributed by atoms with Crippen LogP contribution in [0.2, 0.25) is 0 Å². The molecule has 0 aliphatic carbocycles. The number of nitrogens with one attached hydrogen (secondary N) is 1. The number of hydrogen-bond donors (Lipinski definition) is 2. The van der Waals surface area contributed by atoms with E-state index in [4.69, 9.17) is 11.0 Å². The van der Waals surface area contributed by atoms with Crippen LogP contribution < -0.4 is 11.1 Å². The van der Waals surface area contributed by atoms with E-state index in [1.807, 2.05) is 24.3 Å². The van der Waals surface area contributed by atoms with Gasteiger partial charge >= 0.3 is 0 Å². The van der Waals surface area contributed by atoms with Gasteiger partial charge in [-0.2, -0.15) is 10.5 Å². The van der Waals surface area contributed by atoms with Gasteiger partial charge in [-0.25, -0.2) is 19.9 Å². The topological polar surface area (TPSA) is 145 Å². The Balaban J connectivity index is 1.19. The molecule has 5 aromatic rings. The molecule has 0 spiro atoms. The van der Waals surface area contributed by atoms with E-state index in [1.54, 1.807) is 30.7 Å². The second kappa shape index (κ2) is 10.8. The Kier molecular flexibility index (Phi) is 6.75. The van der Waals surface area contributed by atoms with E-state index in [9.17, 15) is 5.26 Å². The highest BCUT2D eigenvalue weighted by molar-refractivity contribution is 5.91. The molecular weight excluding hydrogens is 500 g/mol. The molecule has 0 unspecified atom stereocenters. The number of nitrogens with zero attached hydrogens (tertiary/aromatic N) is 8. The van der Waals surface area contributed by atoms with Gasteiger partial charge in [0.1, 0.15) is 29.5 Å². The van der Waals surface area contributed by atoms with E-state index in [2.05, 4.69) is 65.1 Å². The predicted octanol–water partition coefficient (Wildman–Crippen LogP) is 4.28. The standard InChI is InChI=1S/C30H26N10/c31-16-23-15-26-21(18-36-23)14-27(25-2-1-10-35-30(25)33)40(26)24-5-3-20(4-6-24)19-39-12-8-22(9-13-39)37-28-7-11-34-29(17-32)38-28/h1-7,10-11,14-15,18,22H,8-9,12-13,19H2,(H2,33,35)(H,34,37,38). The maximum absolute atomic E-state index is 9.45. The second-order valence-electron chi connectivity index (χ2n) is 9.78. The van der Waals surface area contributed by atoms with Crippen LogP contribution in [0.3, 0.4) is 0 Å². The molecule has 0 bridgehead atoms. The molecule has 40 heavy (non-hydrogen) atoms. The van der Waals surface area contributed by atoms with E-state index < -0.39 is 0 Å². The Labute approximate surface area is 231 Å². The molecule has 1 aliphatic heterocycles. The molecule has 1 saturated heterocycles. The van der Waals surface area contributed by atoms with Crippen molar-refractivity contribution in [3.05, 3.63) is 90.3 Å². The largest absolute Gasteiger partial charge is 0.383 e. The van der Waals surface area contributed by atoms with Crippen LogP contribution >= 0.6 is 0 Å². The number of nitrogen functional groups attached to an aromatic ring is 1. The molecule has 3 N–H and O–H groups in total. The van der Waals surface area contributed by atoms with Crippen molar-refractivity contribution in [1.29, 1.82) is 10.5 Å². The zero-order valence-corrected chi connectivity index (χ0v) is 21.7. The summed E-state index contributed by atoms with van der Waals surface area (Å²) >= 11 is 0. The molecule has 1 fully saturated rings. The van der Waals surface area contributed by atoms with Crippen LogP contribution in [0.4, 0.5) is 11.6 Å². The summed E-state index contributed by atoms with van der Waals surface area (Å²) in [7, 11) is 0. The van der Waals surface area contributed by atoms with Gasteiger partial charge in [0.25, 0.3) is 0 Å². The summed E-state index contributed by atoms with van der Waals surface area (Å²) in [5, 5.41) is 22.8. The van der Waals surface area contributed by atoms with Crippen molar-refractivity contribution in [2.24, 2.45) is 0 Å². The van der Waals surface area contributed by atoms with E-state index in [0.717, 1.165) is 60.3 Å². The zero-order valence-electron chi connectivity index (χ0n) is 21.7. The third-order valence-electron chi connectivity index (χ3n) is 7.21. The summed E-state index contributed by atoms with van der Waals surface area (Å²) in [5.74, 6) is 1.32. The molecule has 196 valence electrons. The molecule has 4 aromatic heterocycles. The first kappa shape index (κ1) is 25.0. The van der Waals surface area contributed by atoms with Crippen molar-refractivity contribution in [3.63, 3.8) is 0 Å². The van der Waals surface area contributed by atoms with E-state index >= 15 is 0 Å². The molecule has 1 aromatic carbocycles. The first-order valence-electron chi connectivity index (χ1n) is 13.0. The van der Waals surface area contributed by atoms with Gasteiger partial charge < -0.3 is 15.6 Å². The minimum absolute atomic E-state index is 0.178. The fraction of sp³-hybridized carbons (Fsp3) is 0.200. The molecule has 1 aliphatic rings. The Morgan fingerprint density at radius 2 is 1.77 bits per heavy atom. The van der Waals surface area contributed by atoms with Gasteiger partial charge in [-0.3, -0.25) is 4.90 Å². The number of likely N-dealkylation sites (tertiary alicyclic amines) is 1. The van der Waals surface area contributed by atoms with Crippen LogP contribution in [-0.4, -0.2) is 48.5 Å². The number of piperidine rings is 1. The van der Waals surface area contributed by atoms with Crippen LogP contribution in [0.1, 0.15) is 29.9 Å². The number of nitrogens with two attached hydrogens (primary N) is 1. The Morgan fingerprint density at radius 3 is 2.52 bits per heavy atom. The Morgan fingerprint density at radius 1 is 0.950 bits per heavy atom. The zero-order chi connectivity index (χ0) is 27.5. The van der Waals surface area contributed by atoms with Crippen molar-refractivity contribution in [2.75, 3.05) is 24.1 Å². The van der Waals surface area contributed by atoms with E-state index in [1.165, 1.54) is 5.56 Å². The fourth-order valence-corrected chi connectivity index (χ4v) is 5.22. The first-order valence-corrected chi connectivity index (χ1v) is 13.0. The van der Waals surface area contributed by atoms with Crippen LogP contribution in [0.25, 0.3) is 27.8 Å². The second-order valence-corrected chi connectivity index (χ2v) is 9.78. The molecule has 6 rings (SSSR count). The minimum atomic E-state index is 0.178. The number of pyridine rings is 2. The summed E-state index contributed by atoms with van der Waals surface area (Å²) in [6.45, 7) is 2.79. The third-order valence-corrected chi connectivity index (χ3v) is 7.21. The van der Waals surface area contributed by atoms with Crippen LogP contribution in [0.15, 0.2) is 73.2 Å². The lowest BCUT2D eigenvalue weighted by Gasteiger charge is -2.32. The monoisotopic (exact) mass is 526 g/mol. The number of anilines is 2. The van der Waals surface area contributed by atoms with E-state index in [0.29, 0.717) is 23.4 Å². The maximum Gasteiger partial charge on any atom is 0.234 e. The highest BCUT2D eigenvalue weighted by Gasteiger charge is 2.20. The van der Waals surface area contributed by atoms with E-state index in [-0.39, 0.29) is 5.82 Å². The van der Waals surface area contributed by atoms with Gasteiger partial charge in [-0.1, -0.05) is 12.1 Å². The average Bonchev–Trinajstić information content (AvgIpc) is 3.37. The molecule has 0 radical (unpaired) electrons. The maximum atomic E-state index is 9.45. The van der Waals surface area contributed by atoms with Crippen molar-refractivity contribution in [1.82, 2.24) is 29.4 Å². The van der Waals surface area contributed by atoms with Gasteiger partial charge in [0.15, 0.2) is 0 Å². The summed E-state index contributed by atoms with van der Waals surface area (Å²) in [6.07, 6.45) is 6.99. The van der Waals surface area contributed by atoms with Crippen molar-refractivity contribution >= 4 is 22.5 Å². The number of hydrogen-bond acceptors (Lipinski definition) is 9. The third kappa shape index (κ3) is 5.04. The number of nitriles is 2. The lowest BCUT2D eigenvalue weighted by atomic mass is 10.0. The van der Waals surface area contributed by atoms with Crippen LogP contribution in [-0.2, 0) is 6.54 Å². The summed E-state index contributed by atoms with van der Waals surface area (Å²) in [4.78, 5) is 19.1. The van der Waals surface area contributed by atoms with Gasteiger partial charge in [0, 0.05) is 60.9 Å². The molecular formula is C30H26N10. The Hall–Kier alpha value is -5.32. The Bertz CT molecular complexity index is 1750. The molecule has 10 nitrogen and oxygen atoms in total. The van der Waals surface area contributed by atoms with Gasteiger partial charge in [0.2, 0.25) is 5.82 Å². The lowest BCUT2D eigenvalue weighted by molar-refractivity contribution is 0.211. The minimum Gasteiger partial charge on any atom is -0.383 e. The number of fused-ring (bicyclic) bond motifs is 1. The molecule has 0 atom stereocenters. The van der Waals surface area contributed by atoms with Crippen molar-refractivity contribution < 1.29 is 0 Å². The van der Waals surface area contributed by atoms with Crippen LogP contribution in [0.5, 0.6) is 0 Å². The SMILES string of the molecule is N#Cc1cc2c(cn1)cc(-c1cccnc1N)n2-c1ccc(CN2CCC(Nc3ccnc(C#N)n3)CC2)cc1. The number of benzene rings is 1. The highest BCUT2D eigenvalue weighted by atomic mass is 15.1.